The molecule has 212 valence electrons. The molecule has 1 saturated heterocycles. The number of fused-ring (bicyclic) bond motifs is 1. The number of imidazole rings is 1. The lowest BCUT2D eigenvalue weighted by molar-refractivity contribution is -0.114. The number of nitrogens with one attached hydrogen (secondary N) is 1. The van der Waals surface area contributed by atoms with Gasteiger partial charge in [0.15, 0.2) is 0 Å². The predicted octanol–water partition coefficient (Wildman–Crippen LogP) is 8.22. The van der Waals surface area contributed by atoms with E-state index < -0.39 is 0 Å². The minimum atomic E-state index is -0.0209. The number of para-hydroxylation sites is 2. The van der Waals surface area contributed by atoms with Crippen LogP contribution >= 0.6 is 0 Å². The van der Waals surface area contributed by atoms with Gasteiger partial charge in [-0.15, -0.1) is 0 Å². The van der Waals surface area contributed by atoms with E-state index in [1.165, 1.54) is 23.1 Å². The Balaban J connectivity index is 0.00000118. The first-order valence-corrected chi connectivity index (χ1v) is 14.9. The molecule has 2 aliphatic rings. The topological polar surface area (TPSA) is 50.2 Å². The van der Waals surface area contributed by atoms with Crippen molar-refractivity contribution in [1.29, 1.82) is 0 Å². The quantitative estimate of drug-likeness (QED) is 0.330. The summed E-state index contributed by atoms with van der Waals surface area (Å²) < 4.78 is 2.40. The number of benzene rings is 2. The monoisotopic (exact) mass is 538 g/mol. The number of hydrogen-bond acceptors (Lipinski definition) is 3. The van der Waals surface area contributed by atoms with E-state index in [-0.39, 0.29) is 11.3 Å². The third kappa shape index (κ3) is 7.82. The van der Waals surface area contributed by atoms with Crippen molar-refractivity contribution in [2.24, 2.45) is 5.41 Å². The highest BCUT2D eigenvalue weighted by Crippen LogP contribution is 2.31. The van der Waals surface area contributed by atoms with Crippen LogP contribution in [0.3, 0.4) is 0 Å². The van der Waals surface area contributed by atoms with Crippen molar-refractivity contribution in [3.63, 3.8) is 0 Å². The molecule has 0 bridgehead atoms. The number of hydrogen-bond donors (Lipinski definition) is 1. The maximum Gasteiger partial charge on any atom is 0.221 e. The number of aryl methyl sites for hydroxylation is 1. The Hall–Kier alpha value is -3.44. The second-order valence-corrected chi connectivity index (χ2v) is 11.7. The van der Waals surface area contributed by atoms with Crippen LogP contribution in [0.1, 0.15) is 77.6 Å². The van der Waals surface area contributed by atoms with Crippen molar-refractivity contribution in [3.05, 3.63) is 90.3 Å². The van der Waals surface area contributed by atoms with Crippen LogP contribution in [0.2, 0.25) is 0 Å². The summed E-state index contributed by atoms with van der Waals surface area (Å²) in [5.41, 5.74) is 5.71. The van der Waals surface area contributed by atoms with Gasteiger partial charge < -0.3 is 14.8 Å². The average Bonchev–Trinajstić information content (AvgIpc) is 3.19. The molecule has 0 saturated carbocycles. The van der Waals surface area contributed by atoms with Gasteiger partial charge in [0.25, 0.3) is 0 Å². The highest BCUT2D eigenvalue weighted by molar-refractivity contribution is 5.88. The van der Waals surface area contributed by atoms with E-state index in [1.54, 1.807) is 6.92 Å². The van der Waals surface area contributed by atoms with Crippen LogP contribution in [0.5, 0.6) is 0 Å². The standard InChI is InChI=1S/C32H38N4O.C3H8/c1-24(37)33-28-11-6-9-27(23-28)25-15-21-35(22-16-25)19-8-20-36-30-13-5-4-12-29(30)34-31(36)26-10-7-17-32(2,3)18-14-26;1-3-2/h4-7,9-14,17-18,23,25H,8,15-16,19-22H2,1-3H3,(H,33,37);3H2,1-2H3. The Bertz CT molecular complexity index is 1370. The van der Waals surface area contributed by atoms with Gasteiger partial charge in [-0.3, -0.25) is 4.79 Å². The van der Waals surface area contributed by atoms with E-state index >= 15 is 0 Å². The zero-order valence-electron chi connectivity index (χ0n) is 25.0. The highest BCUT2D eigenvalue weighted by atomic mass is 16.1. The Morgan fingerprint density at radius 1 is 1.02 bits per heavy atom. The van der Waals surface area contributed by atoms with Crippen LogP contribution in [0.4, 0.5) is 5.69 Å². The van der Waals surface area contributed by atoms with Gasteiger partial charge in [-0.1, -0.05) is 88.8 Å². The third-order valence-corrected chi connectivity index (χ3v) is 7.53. The van der Waals surface area contributed by atoms with Crippen molar-refractivity contribution in [2.75, 3.05) is 25.0 Å². The molecule has 1 amide bonds. The minimum absolute atomic E-state index is 0.0209. The van der Waals surface area contributed by atoms with Crippen molar-refractivity contribution >= 4 is 28.2 Å². The number of aromatic nitrogens is 2. The summed E-state index contributed by atoms with van der Waals surface area (Å²) in [4.78, 5) is 19.1. The fraction of sp³-hybridized carbons (Fsp3) is 0.429. The number of nitrogens with zero attached hydrogens (tertiary/aromatic N) is 3. The minimum Gasteiger partial charge on any atom is -0.326 e. The van der Waals surface area contributed by atoms with Crippen LogP contribution in [-0.4, -0.2) is 40.0 Å². The van der Waals surface area contributed by atoms with Crippen molar-refractivity contribution in [2.45, 2.75) is 72.8 Å². The molecule has 3 aromatic rings. The number of allylic oxidation sites excluding steroid dienone is 6. The Labute approximate surface area is 240 Å². The second kappa shape index (κ2) is 13.8. The summed E-state index contributed by atoms with van der Waals surface area (Å²) in [5, 5.41) is 2.91. The maximum absolute atomic E-state index is 11.4. The molecule has 0 spiro atoms. The first kappa shape index (κ1) is 29.5. The Morgan fingerprint density at radius 3 is 2.52 bits per heavy atom. The zero-order valence-corrected chi connectivity index (χ0v) is 25.0. The number of likely N-dealkylation sites (tertiary alicyclic amines) is 1. The van der Waals surface area contributed by atoms with Crippen molar-refractivity contribution in [3.8, 4) is 0 Å². The van der Waals surface area contributed by atoms with Gasteiger partial charge in [-0.2, -0.15) is 0 Å². The van der Waals surface area contributed by atoms with Gasteiger partial charge in [0.1, 0.15) is 5.82 Å². The Morgan fingerprint density at radius 2 is 1.77 bits per heavy atom. The number of carbonyl (C=O) groups excluding carboxylic acids is 1. The lowest BCUT2D eigenvalue weighted by Crippen LogP contribution is -2.34. The number of amides is 1. The SMILES string of the molecule is CC(=O)Nc1cccc(C2CCN(CCCn3c(C4=CC=CC(C)(C)C=C4)nc4ccccc43)CC2)c1.CCC. The van der Waals surface area contributed by atoms with Gasteiger partial charge in [0.05, 0.1) is 11.0 Å². The van der Waals surface area contributed by atoms with Crippen LogP contribution in [0.25, 0.3) is 16.6 Å². The summed E-state index contributed by atoms with van der Waals surface area (Å²) in [6.45, 7) is 14.5. The molecule has 5 heteroatoms. The maximum atomic E-state index is 11.4. The molecule has 1 aliphatic heterocycles. The molecule has 2 heterocycles. The van der Waals surface area contributed by atoms with E-state index in [0.717, 1.165) is 62.5 Å². The molecule has 1 aliphatic carbocycles. The fourth-order valence-electron chi connectivity index (χ4n) is 5.50. The largest absolute Gasteiger partial charge is 0.326 e. The van der Waals surface area contributed by atoms with Crippen LogP contribution in [0.15, 0.2) is 78.9 Å². The molecule has 5 nitrogen and oxygen atoms in total. The summed E-state index contributed by atoms with van der Waals surface area (Å²) in [5.74, 6) is 1.59. The molecule has 40 heavy (non-hydrogen) atoms. The first-order valence-electron chi connectivity index (χ1n) is 14.9. The lowest BCUT2D eigenvalue weighted by atomic mass is 9.89. The lowest BCUT2D eigenvalue weighted by Gasteiger charge is -2.32. The van der Waals surface area contributed by atoms with E-state index in [9.17, 15) is 4.79 Å². The molecule has 5 rings (SSSR count). The van der Waals surface area contributed by atoms with E-state index in [0.29, 0.717) is 5.92 Å². The average molecular weight is 539 g/mol. The predicted molar refractivity (Wildman–Crippen MR) is 170 cm³/mol. The molecule has 1 aromatic heterocycles. The number of anilines is 1. The van der Waals surface area contributed by atoms with Crippen LogP contribution in [0, 0.1) is 5.41 Å². The molecule has 1 fully saturated rings. The van der Waals surface area contributed by atoms with Gasteiger partial charge in [0, 0.05) is 30.1 Å². The van der Waals surface area contributed by atoms with Gasteiger partial charge in [-0.05, 0) is 74.6 Å². The van der Waals surface area contributed by atoms with Crippen LogP contribution in [-0.2, 0) is 11.3 Å². The fourth-order valence-corrected chi connectivity index (χ4v) is 5.50. The van der Waals surface area contributed by atoms with E-state index in [1.807, 2.05) is 6.07 Å². The molecule has 0 unspecified atom stereocenters. The van der Waals surface area contributed by atoms with Gasteiger partial charge >= 0.3 is 0 Å². The van der Waals surface area contributed by atoms with Crippen LogP contribution < -0.4 is 5.32 Å². The van der Waals surface area contributed by atoms with Crippen molar-refractivity contribution < 1.29 is 4.79 Å². The van der Waals surface area contributed by atoms with Gasteiger partial charge in [0.2, 0.25) is 5.91 Å². The summed E-state index contributed by atoms with van der Waals surface area (Å²) in [6, 6.07) is 16.8. The molecule has 0 radical (unpaired) electrons. The molecular weight excluding hydrogens is 492 g/mol. The Kier molecular flexibility index (Phi) is 10.2. The number of carbonyl (C=O) groups is 1. The number of rotatable bonds is 7. The van der Waals surface area contributed by atoms with Gasteiger partial charge in [-0.25, -0.2) is 4.98 Å². The van der Waals surface area contributed by atoms with E-state index in [2.05, 4.69) is 115 Å². The molecule has 2 aromatic carbocycles. The third-order valence-electron chi connectivity index (χ3n) is 7.53. The van der Waals surface area contributed by atoms with E-state index in [4.69, 9.17) is 4.98 Å². The normalized spacial score (nSPS) is 17.2. The first-order chi connectivity index (χ1) is 19.3. The highest BCUT2D eigenvalue weighted by Gasteiger charge is 2.21. The number of piperidine rings is 1. The summed E-state index contributed by atoms with van der Waals surface area (Å²) in [6.07, 6.45) is 15.7. The summed E-state index contributed by atoms with van der Waals surface area (Å²) >= 11 is 0. The summed E-state index contributed by atoms with van der Waals surface area (Å²) in [7, 11) is 0. The molecular formula is C35H46N4O. The van der Waals surface area contributed by atoms with Crippen molar-refractivity contribution in [1.82, 2.24) is 14.5 Å². The smallest absolute Gasteiger partial charge is 0.221 e. The molecule has 1 N–H and O–H groups in total. The second-order valence-electron chi connectivity index (χ2n) is 11.7. The molecule has 0 atom stereocenters. The zero-order chi connectivity index (χ0) is 28.5.